The number of aromatic nitrogens is 3. The lowest BCUT2D eigenvalue weighted by atomic mass is 10.1. The summed E-state index contributed by atoms with van der Waals surface area (Å²) in [4.78, 5) is 7.03. The molecule has 4 rings (SSSR count). The van der Waals surface area contributed by atoms with Gasteiger partial charge in [0.1, 0.15) is 11.7 Å². The van der Waals surface area contributed by atoms with Gasteiger partial charge in [-0.25, -0.2) is 4.98 Å². The number of hydrogen-bond acceptors (Lipinski definition) is 4. The second-order valence-electron chi connectivity index (χ2n) is 7.41. The number of nitrogen functional groups attached to an aromatic ring is 1. The Hall–Kier alpha value is -3.93. The zero-order valence-electron chi connectivity index (χ0n) is 17.8. The highest BCUT2D eigenvalue weighted by Gasteiger charge is 2.16. The predicted molar refractivity (Wildman–Crippen MR) is 126 cm³/mol. The van der Waals surface area contributed by atoms with Crippen LogP contribution < -0.4 is 10.6 Å². The first-order chi connectivity index (χ1) is 15.0. The fourth-order valence-corrected chi connectivity index (χ4v) is 3.50. The molecular formula is C25H26N6. The lowest BCUT2D eigenvalue weighted by Gasteiger charge is -2.25. The van der Waals surface area contributed by atoms with Crippen molar-refractivity contribution in [3.8, 4) is 11.4 Å². The average molecular weight is 411 g/mol. The molecule has 0 aliphatic carbocycles. The Morgan fingerprint density at radius 1 is 0.968 bits per heavy atom. The SMILES string of the molecule is CCc1cccc(N(Cc2nc(-c3ccccc3)nn2C)c2ccc(C(=N)N)cc2)c1. The lowest BCUT2D eigenvalue weighted by molar-refractivity contribution is 0.697. The fourth-order valence-electron chi connectivity index (χ4n) is 3.50. The molecule has 0 spiro atoms. The Bertz CT molecular complexity index is 1180. The number of nitrogens with two attached hydrogens (primary N) is 1. The van der Waals surface area contributed by atoms with Gasteiger partial charge in [-0.3, -0.25) is 10.1 Å². The number of benzene rings is 3. The molecule has 0 aliphatic rings. The first-order valence-corrected chi connectivity index (χ1v) is 10.3. The maximum absolute atomic E-state index is 7.66. The number of hydrogen-bond donors (Lipinski definition) is 2. The Morgan fingerprint density at radius 3 is 2.39 bits per heavy atom. The van der Waals surface area contributed by atoms with Crippen molar-refractivity contribution < 1.29 is 0 Å². The van der Waals surface area contributed by atoms with Gasteiger partial charge in [-0.1, -0.05) is 49.4 Å². The van der Waals surface area contributed by atoms with E-state index in [-0.39, 0.29) is 5.84 Å². The standard InChI is InChI=1S/C25H26N6/c1-3-18-8-7-11-22(16-18)31(21-14-12-19(13-15-21)24(26)27)17-23-28-25(29-30(23)2)20-9-5-4-6-10-20/h4-16H,3,17H2,1-2H3,(H3,26,27). The van der Waals surface area contributed by atoms with Gasteiger partial charge in [-0.15, -0.1) is 0 Å². The van der Waals surface area contributed by atoms with E-state index in [0.717, 1.165) is 29.2 Å². The number of nitrogens with one attached hydrogen (secondary N) is 1. The average Bonchev–Trinajstić information content (AvgIpc) is 3.18. The van der Waals surface area contributed by atoms with E-state index in [1.807, 2.05) is 66.3 Å². The van der Waals surface area contributed by atoms with Crippen LogP contribution in [0.4, 0.5) is 11.4 Å². The van der Waals surface area contributed by atoms with Crippen LogP contribution >= 0.6 is 0 Å². The van der Waals surface area contributed by atoms with Crippen LogP contribution in [0.3, 0.4) is 0 Å². The summed E-state index contributed by atoms with van der Waals surface area (Å²) in [6.07, 6.45) is 0.965. The smallest absolute Gasteiger partial charge is 0.181 e. The van der Waals surface area contributed by atoms with E-state index in [4.69, 9.17) is 16.1 Å². The maximum atomic E-state index is 7.66. The van der Waals surface area contributed by atoms with Crippen molar-refractivity contribution in [2.75, 3.05) is 4.90 Å². The van der Waals surface area contributed by atoms with Crippen LogP contribution in [0.5, 0.6) is 0 Å². The second-order valence-corrected chi connectivity index (χ2v) is 7.41. The van der Waals surface area contributed by atoms with Crippen LogP contribution in [0, 0.1) is 5.41 Å². The van der Waals surface area contributed by atoms with Crippen LogP contribution in [0.15, 0.2) is 78.9 Å². The van der Waals surface area contributed by atoms with Crippen LogP contribution in [0.25, 0.3) is 11.4 Å². The fraction of sp³-hybridized carbons (Fsp3) is 0.160. The van der Waals surface area contributed by atoms with Crippen molar-refractivity contribution in [1.82, 2.24) is 14.8 Å². The molecule has 3 aromatic carbocycles. The van der Waals surface area contributed by atoms with Gasteiger partial charge in [0, 0.05) is 29.5 Å². The molecule has 6 nitrogen and oxygen atoms in total. The van der Waals surface area contributed by atoms with E-state index >= 15 is 0 Å². The van der Waals surface area contributed by atoms with Crippen molar-refractivity contribution >= 4 is 17.2 Å². The minimum absolute atomic E-state index is 0.0619. The number of aryl methyl sites for hydroxylation is 2. The molecule has 1 heterocycles. The van der Waals surface area contributed by atoms with Gasteiger partial charge in [-0.05, 0) is 48.4 Å². The molecule has 0 unspecified atom stereocenters. The summed E-state index contributed by atoms with van der Waals surface area (Å²) in [5.74, 6) is 1.63. The third kappa shape index (κ3) is 4.48. The van der Waals surface area contributed by atoms with Crippen molar-refractivity contribution in [2.45, 2.75) is 19.9 Å². The van der Waals surface area contributed by atoms with Crippen molar-refractivity contribution in [1.29, 1.82) is 5.41 Å². The van der Waals surface area contributed by atoms with Crippen LogP contribution in [0.1, 0.15) is 23.9 Å². The van der Waals surface area contributed by atoms with Gasteiger partial charge in [0.05, 0.1) is 6.54 Å². The van der Waals surface area contributed by atoms with Crippen molar-refractivity contribution in [3.63, 3.8) is 0 Å². The molecular weight excluding hydrogens is 384 g/mol. The summed E-state index contributed by atoms with van der Waals surface area (Å²) in [5.41, 5.74) is 10.7. The van der Waals surface area contributed by atoms with Gasteiger partial charge in [0.25, 0.3) is 0 Å². The summed E-state index contributed by atoms with van der Waals surface area (Å²) in [6, 6.07) is 26.3. The molecule has 0 bridgehead atoms. The summed E-state index contributed by atoms with van der Waals surface area (Å²) >= 11 is 0. The molecule has 1 aromatic heterocycles. The second kappa shape index (κ2) is 8.83. The lowest BCUT2D eigenvalue weighted by Crippen LogP contribution is -2.20. The highest BCUT2D eigenvalue weighted by molar-refractivity contribution is 5.95. The molecule has 0 saturated heterocycles. The third-order valence-corrected chi connectivity index (χ3v) is 5.31. The molecule has 0 saturated carbocycles. The van der Waals surface area contributed by atoms with Gasteiger partial charge < -0.3 is 10.6 Å². The zero-order valence-corrected chi connectivity index (χ0v) is 17.8. The van der Waals surface area contributed by atoms with E-state index < -0.39 is 0 Å². The van der Waals surface area contributed by atoms with Crippen molar-refractivity contribution in [2.24, 2.45) is 12.8 Å². The topological polar surface area (TPSA) is 83.8 Å². The zero-order chi connectivity index (χ0) is 21.8. The monoisotopic (exact) mass is 410 g/mol. The molecule has 0 atom stereocenters. The van der Waals surface area contributed by atoms with E-state index in [0.29, 0.717) is 17.9 Å². The highest BCUT2D eigenvalue weighted by Crippen LogP contribution is 2.29. The van der Waals surface area contributed by atoms with E-state index in [1.165, 1.54) is 5.56 Å². The summed E-state index contributed by atoms with van der Waals surface area (Å²) in [7, 11) is 1.92. The first kappa shape index (κ1) is 20.3. The molecule has 6 heteroatoms. The van der Waals surface area contributed by atoms with Gasteiger partial charge in [0.2, 0.25) is 0 Å². The van der Waals surface area contributed by atoms with Crippen LogP contribution in [-0.2, 0) is 20.0 Å². The number of anilines is 2. The van der Waals surface area contributed by atoms with E-state index in [1.54, 1.807) is 0 Å². The van der Waals surface area contributed by atoms with Gasteiger partial charge >= 0.3 is 0 Å². The molecule has 4 aromatic rings. The minimum atomic E-state index is 0.0619. The predicted octanol–water partition coefficient (Wildman–Crippen LogP) is 4.67. The van der Waals surface area contributed by atoms with E-state index in [2.05, 4.69) is 41.2 Å². The molecule has 0 aliphatic heterocycles. The normalized spacial score (nSPS) is 10.8. The highest BCUT2D eigenvalue weighted by atomic mass is 15.3. The quantitative estimate of drug-likeness (QED) is 0.343. The van der Waals surface area contributed by atoms with Crippen LogP contribution in [-0.4, -0.2) is 20.6 Å². The molecule has 0 amide bonds. The number of nitrogens with zero attached hydrogens (tertiary/aromatic N) is 4. The maximum Gasteiger partial charge on any atom is 0.181 e. The summed E-state index contributed by atoms with van der Waals surface area (Å²) < 4.78 is 1.84. The summed E-state index contributed by atoms with van der Waals surface area (Å²) in [6.45, 7) is 2.71. The molecule has 0 fully saturated rings. The molecule has 31 heavy (non-hydrogen) atoms. The van der Waals surface area contributed by atoms with Crippen LogP contribution in [0.2, 0.25) is 0 Å². The third-order valence-electron chi connectivity index (χ3n) is 5.31. The van der Waals surface area contributed by atoms with Crippen molar-refractivity contribution in [3.05, 3.63) is 95.8 Å². The Balaban J connectivity index is 1.73. The number of amidine groups is 1. The van der Waals surface area contributed by atoms with Gasteiger partial charge in [0.15, 0.2) is 5.82 Å². The largest absolute Gasteiger partial charge is 0.384 e. The molecule has 156 valence electrons. The number of rotatable bonds is 7. The first-order valence-electron chi connectivity index (χ1n) is 10.3. The minimum Gasteiger partial charge on any atom is -0.384 e. The molecule has 0 radical (unpaired) electrons. The Kier molecular flexibility index (Phi) is 5.80. The summed E-state index contributed by atoms with van der Waals surface area (Å²) in [5, 5.41) is 12.3. The van der Waals surface area contributed by atoms with E-state index in [9.17, 15) is 0 Å². The molecule has 3 N–H and O–H groups in total. The van der Waals surface area contributed by atoms with Gasteiger partial charge in [-0.2, -0.15) is 5.10 Å². The Morgan fingerprint density at radius 2 is 1.71 bits per heavy atom. The Labute approximate surface area is 182 Å².